The Hall–Kier alpha value is -3.23. The van der Waals surface area contributed by atoms with E-state index in [1.54, 1.807) is 30.1 Å². The van der Waals surface area contributed by atoms with E-state index in [0.717, 1.165) is 42.1 Å². The van der Waals surface area contributed by atoms with Gasteiger partial charge in [-0.05, 0) is 61.0 Å². The fourth-order valence-electron chi connectivity index (χ4n) is 4.55. The molecule has 0 atom stereocenters. The van der Waals surface area contributed by atoms with Crippen molar-refractivity contribution in [1.29, 1.82) is 0 Å². The second-order valence-electron chi connectivity index (χ2n) is 9.37. The van der Waals surface area contributed by atoms with E-state index >= 15 is 0 Å². The summed E-state index contributed by atoms with van der Waals surface area (Å²) in [7, 11) is 1.74. The topological polar surface area (TPSA) is 70.7 Å². The smallest absolute Gasteiger partial charge is 0.261 e. The number of halogens is 1. The highest BCUT2D eigenvalue weighted by Gasteiger charge is 2.22. The summed E-state index contributed by atoms with van der Waals surface area (Å²) in [6.07, 6.45) is 6.21. The third kappa shape index (κ3) is 7.42. The molecule has 3 aromatic rings. The summed E-state index contributed by atoms with van der Waals surface area (Å²) in [6, 6.07) is 22.8. The number of nitrogens with one attached hydrogen (secondary N) is 2. The molecule has 4 rings (SSSR count). The Balaban J connectivity index is 1.43. The zero-order chi connectivity index (χ0) is 26.9. The predicted molar refractivity (Wildman–Crippen MR) is 159 cm³/mol. The van der Waals surface area contributed by atoms with Gasteiger partial charge in [0.1, 0.15) is 5.75 Å². The number of carbonyl (C=O) groups excluding carboxylic acids is 2. The number of nitrogens with zero attached hydrogens (tertiary/aromatic N) is 1. The number of thiocarbonyl (C=S) groups is 1. The van der Waals surface area contributed by atoms with Crippen molar-refractivity contribution < 1.29 is 14.3 Å². The van der Waals surface area contributed by atoms with Gasteiger partial charge in [0.15, 0.2) is 5.11 Å². The third-order valence-corrected chi connectivity index (χ3v) is 7.52. The number of ether oxygens (including phenoxy) is 1. The van der Waals surface area contributed by atoms with Gasteiger partial charge < -0.3 is 15.0 Å². The van der Waals surface area contributed by atoms with Gasteiger partial charge in [0, 0.05) is 24.0 Å². The lowest BCUT2D eigenvalue weighted by atomic mass is 9.95. The molecule has 2 N–H and O–H groups in total. The predicted octanol–water partition coefficient (Wildman–Crippen LogP) is 6.28. The van der Waals surface area contributed by atoms with E-state index in [-0.39, 0.29) is 23.0 Å². The first-order valence-corrected chi connectivity index (χ1v) is 14.1. The van der Waals surface area contributed by atoms with Crippen molar-refractivity contribution in [2.45, 2.75) is 44.6 Å². The van der Waals surface area contributed by atoms with Crippen molar-refractivity contribution in [3.63, 3.8) is 0 Å². The van der Waals surface area contributed by atoms with Gasteiger partial charge in [-0.15, -0.1) is 0 Å². The second-order valence-corrected chi connectivity index (χ2v) is 10.7. The number of hydrogen-bond donors (Lipinski definition) is 2. The fourth-order valence-corrected chi connectivity index (χ4v) is 5.11. The van der Waals surface area contributed by atoms with Crippen LogP contribution in [-0.4, -0.2) is 36.6 Å². The summed E-state index contributed by atoms with van der Waals surface area (Å²) in [5, 5.41) is 6.15. The Labute approximate surface area is 237 Å². The molecule has 2 amide bonds. The molecule has 0 aromatic heterocycles. The Morgan fingerprint density at radius 2 is 1.66 bits per heavy atom. The van der Waals surface area contributed by atoms with Gasteiger partial charge in [-0.1, -0.05) is 77.7 Å². The lowest BCUT2D eigenvalue weighted by molar-refractivity contribution is 0.0927. The molecule has 6 nitrogen and oxygen atoms in total. The van der Waals surface area contributed by atoms with Crippen LogP contribution in [0.15, 0.2) is 77.3 Å². The summed E-state index contributed by atoms with van der Waals surface area (Å²) in [5.41, 5.74) is 2.67. The van der Waals surface area contributed by atoms with Crippen LogP contribution in [0.2, 0.25) is 0 Å². The molecule has 1 fully saturated rings. The number of anilines is 1. The van der Waals surface area contributed by atoms with Crippen LogP contribution in [0.25, 0.3) is 0 Å². The van der Waals surface area contributed by atoms with Crippen molar-refractivity contribution in [3.8, 4) is 5.75 Å². The molecule has 3 aromatic carbocycles. The summed E-state index contributed by atoms with van der Waals surface area (Å²) in [4.78, 5) is 28.0. The number of carbonyl (C=O) groups is 2. The number of para-hydroxylation sites is 1. The van der Waals surface area contributed by atoms with Crippen LogP contribution >= 0.6 is 28.1 Å². The van der Waals surface area contributed by atoms with E-state index in [2.05, 4.69) is 26.6 Å². The van der Waals surface area contributed by atoms with Crippen molar-refractivity contribution in [1.82, 2.24) is 10.6 Å². The molecule has 0 bridgehead atoms. The van der Waals surface area contributed by atoms with Gasteiger partial charge in [-0.25, -0.2) is 0 Å². The van der Waals surface area contributed by atoms with Gasteiger partial charge in [0.2, 0.25) is 0 Å². The average molecular weight is 595 g/mol. The molecule has 0 radical (unpaired) electrons. The van der Waals surface area contributed by atoms with E-state index in [9.17, 15) is 9.59 Å². The standard InChI is InChI=1S/C30H32BrN3O3S/c1-34(26-15-9-8-14-24(26)28(35)32-23-12-6-3-7-13-23)30(38)33-29(36)25-20-22(31)16-17-27(25)37-19-18-21-10-4-2-5-11-21/h2,4-5,8-11,14-17,20,23H,3,6-7,12-13,18-19H2,1H3,(H,32,35)(H,33,36,38). The summed E-state index contributed by atoms with van der Waals surface area (Å²) < 4.78 is 6.73. The SMILES string of the molecule is CN(C(=S)NC(=O)c1cc(Br)ccc1OCCc1ccccc1)c1ccccc1C(=O)NC1CCCCC1. The number of rotatable bonds is 8. The van der Waals surface area contributed by atoms with Crippen LogP contribution in [0, 0.1) is 0 Å². The first-order chi connectivity index (χ1) is 18.4. The molecule has 0 aliphatic heterocycles. The number of hydrogen-bond acceptors (Lipinski definition) is 4. The number of amides is 2. The quantitative estimate of drug-likeness (QED) is 0.301. The molecule has 0 heterocycles. The van der Waals surface area contributed by atoms with E-state index in [0.29, 0.717) is 29.2 Å². The lowest BCUT2D eigenvalue weighted by Gasteiger charge is -2.26. The van der Waals surface area contributed by atoms with Crippen molar-refractivity contribution in [2.24, 2.45) is 0 Å². The Morgan fingerprint density at radius 3 is 2.42 bits per heavy atom. The maximum atomic E-state index is 13.3. The van der Waals surface area contributed by atoms with Gasteiger partial charge >= 0.3 is 0 Å². The maximum absolute atomic E-state index is 13.3. The normalized spacial score (nSPS) is 13.4. The van der Waals surface area contributed by atoms with Crippen LogP contribution in [-0.2, 0) is 6.42 Å². The molecule has 38 heavy (non-hydrogen) atoms. The first kappa shape index (κ1) is 27.8. The van der Waals surface area contributed by atoms with Crippen molar-refractivity contribution >= 4 is 50.8 Å². The Morgan fingerprint density at radius 1 is 0.947 bits per heavy atom. The average Bonchev–Trinajstić information content (AvgIpc) is 2.94. The highest BCUT2D eigenvalue weighted by Crippen LogP contribution is 2.25. The van der Waals surface area contributed by atoms with Crippen LogP contribution < -0.4 is 20.3 Å². The molecule has 1 aliphatic rings. The van der Waals surface area contributed by atoms with Crippen LogP contribution in [0.1, 0.15) is 58.4 Å². The Kier molecular flexibility index (Phi) is 9.90. The van der Waals surface area contributed by atoms with Crippen LogP contribution in [0.5, 0.6) is 5.75 Å². The van der Waals surface area contributed by atoms with E-state index in [1.165, 1.54) is 6.42 Å². The second kappa shape index (κ2) is 13.5. The summed E-state index contributed by atoms with van der Waals surface area (Å²) >= 11 is 9.02. The van der Waals surface area contributed by atoms with E-state index in [1.807, 2.05) is 54.6 Å². The lowest BCUT2D eigenvalue weighted by Crippen LogP contribution is -2.42. The van der Waals surface area contributed by atoms with Gasteiger partial charge in [-0.3, -0.25) is 14.9 Å². The van der Waals surface area contributed by atoms with Crippen molar-refractivity contribution in [2.75, 3.05) is 18.6 Å². The molecule has 0 spiro atoms. The van der Waals surface area contributed by atoms with E-state index in [4.69, 9.17) is 17.0 Å². The first-order valence-electron chi connectivity index (χ1n) is 12.9. The molecule has 1 aliphatic carbocycles. The minimum atomic E-state index is -0.387. The zero-order valence-electron chi connectivity index (χ0n) is 21.4. The van der Waals surface area contributed by atoms with Crippen molar-refractivity contribution in [3.05, 3.63) is 94.0 Å². The number of benzene rings is 3. The maximum Gasteiger partial charge on any atom is 0.261 e. The van der Waals surface area contributed by atoms with Crippen LogP contribution in [0.3, 0.4) is 0 Å². The molecule has 8 heteroatoms. The van der Waals surface area contributed by atoms with Gasteiger partial charge in [0.25, 0.3) is 11.8 Å². The molecular weight excluding hydrogens is 562 g/mol. The molecular formula is C30H32BrN3O3S. The minimum Gasteiger partial charge on any atom is -0.492 e. The zero-order valence-corrected chi connectivity index (χ0v) is 23.8. The molecule has 1 saturated carbocycles. The third-order valence-electron chi connectivity index (χ3n) is 6.65. The molecule has 0 unspecified atom stereocenters. The van der Waals surface area contributed by atoms with Crippen LogP contribution in [0.4, 0.5) is 5.69 Å². The largest absolute Gasteiger partial charge is 0.492 e. The van der Waals surface area contributed by atoms with E-state index < -0.39 is 0 Å². The molecule has 198 valence electrons. The minimum absolute atomic E-state index is 0.130. The van der Waals surface area contributed by atoms with Gasteiger partial charge in [0.05, 0.1) is 23.4 Å². The highest BCUT2D eigenvalue weighted by molar-refractivity contribution is 9.10. The van der Waals surface area contributed by atoms with Gasteiger partial charge in [-0.2, -0.15) is 0 Å². The Bertz CT molecular complexity index is 1280. The monoisotopic (exact) mass is 593 g/mol. The summed E-state index contributed by atoms with van der Waals surface area (Å²) in [6.45, 7) is 0.430. The molecule has 0 saturated heterocycles. The fraction of sp³-hybridized carbons (Fsp3) is 0.300. The summed E-state index contributed by atoms with van der Waals surface area (Å²) in [5.74, 6) is -0.0455. The highest BCUT2D eigenvalue weighted by atomic mass is 79.9.